The predicted molar refractivity (Wildman–Crippen MR) is 75.4 cm³/mol. The lowest BCUT2D eigenvalue weighted by Gasteiger charge is -2.07. The normalized spacial score (nSPS) is 11.4. The molecule has 0 saturated carbocycles. The van der Waals surface area contributed by atoms with E-state index in [-0.39, 0.29) is 6.61 Å². The lowest BCUT2D eigenvalue weighted by molar-refractivity contribution is 0.281. The highest BCUT2D eigenvalue weighted by molar-refractivity contribution is 5.31. The Kier molecular flexibility index (Phi) is 6.23. The summed E-state index contributed by atoms with van der Waals surface area (Å²) >= 11 is 0. The average Bonchev–Trinajstić information content (AvgIpc) is 2.36. The van der Waals surface area contributed by atoms with E-state index in [4.69, 9.17) is 9.84 Å². The van der Waals surface area contributed by atoms with Crippen molar-refractivity contribution >= 4 is 0 Å². The molecule has 2 heteroatoms. The SMILES string of the molecule is C=C(C=C(C)CCCC)Oc1cccc(CO)c1. The highest BCUT2D eigenvalue weighted by atomic mass is 16.5. The van der Waals surface area contributed by atoms with Crippen LogP contribution < -0.4 is 4.74 Å². The van der Waals surface area contributed by atoms with Crippen LogP contribution in [0.5, 0.6) is 5.75 Å². The molecule has 0 aliphatic carbocycles. The van der Waals surface area contributed by atoms with Crippen molar-refractivity contribution in [1.29, 1.82) is 0 Å². The van der Waals surface area contributed by atoms with Crippen LogP contribution in [0.2, 0.25) is 0 Å². The molecule has 0 spiro atoms. The minimum Gasteiger partial charge on any atom is -0.458 e. The summed E-state index contributed by atoms with van der Waals surface area (Å²) in [6, 6.07) is 7.40. The van der Waals surface area contributed by atoms with Crippen molar-refractivity contribution in [2.24, 2.45) is 0 Å². The largest absolute Gasteiger partial charge is 0.458 e. The maximum atomic E-state index is 9.05. The van der Waals surface area contributed by atoms with Crippen LogP contribution in [0.1, 0.15) is 38.7 Å². The molecule has 0 saturated heterocycles. The van der Waals surface area contributed by atoms with Gasteiger partial charge in [0.2, 0.25) is 0 Å². The topological polar surface area (TPSA) is 29.5 Å². The lowest BCUT2D eigenvalue weighted by atomic mass is 10.1. The molecule has 0 unspecified atom stereocenters. The average molecular weight is 246 g/mol. The molecule has 18 heavy (non-hydrogen) atoms. The minimum atomic E-state index is 0.0229. The number of aliphatic hydroxyl groups excluding tert-OH is 1. The van der Waals surface area contributed by atoms with E-state index >= 15 is 0 Å². The first-order valence-electron chi connectivity index (χ1n) is 6.39. The first-order chi connectivity index (χ1) is 8.65. The summed E-state index contributed by atoms with van der Waals surface area (Å²) < 4.78 is 5.63. The van der Waals surface area contributed by atoms with Crippen LogP contribution in [0.4, 0.5) is 0 Å². The number of hydrogen-bond donors (Lipinski definition) is 1. The van der Waals surface area contributed by atoms with Gasteiger partial charge in [0.1, 0.15) is 11.5 Å². The second-order valence-corrected chi connectivity index (χ2v) is 4.47. The van der Waals surface area contributed by atoms with Gasteiger partial charge in [0.15, 0.2) is 0 Å². The van der Waals surface area contributed by atoms with Gasteiger partial charge in [-0.05, 0) is 43.5 Å². The van der Waals surface area contributed by atoms with Gasteiger partial charge in [-0.2, -0.15) is 0 Å². The number of aliphatic hydroxyl groups is 1. The van der Waals surface area contributed by atoms with Crippen LogP contribution in [0, 0.1) is 0 Å². The fraction of sp³-hybridized carbons (Fsp3) is 0.375. The van der Waals surface area contributed by atoms with Gasteiger partial charge in [0, 0.05) is 0 Å². The van der Waals surface area contributed by atoms with Crippen LogP contribution in [0.15, 0.2) is 48.3 Å². The highest BCUT2D eigenvalue weighted by Crippen LogP contribution is 2.17. The first-order valence-corrected chi connectivity index (χ1v) is 6.39. The Morgan fingerprint density at radius 2 is 2.22 bits per heavy atom. The Bertz CT molecular complexity index is 419. The Labute approximate surface area is 110 Å². The fourth-order valence-corrected chi connectivity index (χ4v) is 1.69. The molecule has 1 aromatic rings. The standard InChI is InChI=1S/C16H22O2/c1-4-5-7-13(2)10-14(3)18-16-9-6-8-15(11-16)12-17/h6,8-11,17H,3-5,7,12H2,1-2H3. The zero-order chi connectivity index (χ0) is 13.4. The van der Waals surface area contributed by atoms with E-state index in [0.29, 0.717) is 11.5 Å². The highest BCUT2D eigenvalue weighted by Gasteiger charge is 1.98. The third kappa shape index (κ3) is 5.19. The van der Waals surface area contributed by atoms with E-state index < -0.39 is 0 Å². The van der Waals surface area contributed by atoms with E-state index in [2.05, 4.69) is 20.4 Å². The van der Waals surface area contributed by atoms with E-state index in [0.717, 1.165) is 12.0 Å². The van der Waals surface area contributed by atoms with Gasteiger partial charge >= 0.3 is 0 Å². The first kappa shape index (κ1) is 14.5. The monoisotopic (exact) mass is 246 g/mol. The van der Waals surface area contributed by atoms with E-state index in [1.54, 1.807) is 0 Å². The maximum Gasteiger partial charge on any atom is 0.127 e. The predicted octanol–water partition coefficient (Wildman–Crippen LogP) is 4.21. The summed E-state index contributed by atoms with van der Waals surface area (Å²) in [5.41, 5.74) is 2.12. The molecule has 0 fully saturated rings. The zero-order valence-electron chi connectivity index (χ0n) is 11.3. The van der Waals surface area contributed by atoms with Crippen molar-refractivity contribution in [2.45, 2.75) is 39.7 Å². The van der Waals surface area contributed by atoms with Crippen LogP contribution in [-0.2, 0) is 6.61 Å². The van der Waals surface area contributed by atoms with Gasteiger partial charge in [0.25, 0.3) is 0 Å². The number of rotatable bonds is 7. The number of hydrogen-bond acceptors (Lipinski definition) is 2. The van der Waals surface area contributed by atoms with Crippen molar-refractivity contribution in [3.05, 3.63) is 53.8 Å². The van der Waals surface area contributed by atoms with Crippen LogP contribution in [-0.4, -0.2) is 5.11 Å². The van der Waals surface area contributed by atoms with Gasteiger partial charge in [0.05, 0.1) is 6.61 Å². The Morgan fingerprint density at radius 3 is 2.89 bits per heavy atom. The van der Waals surface area contributed by atoms with Gasteiger partial charge < -0.3 is 9.84 Å². The van der Waals surface area contributed by atoms with Gasteiger partial charge in [-0.1, -0.05) is 37.6 Å². The summed E-state index contributed by atoms with van der Waals surface area (Å²) in [6.45, 7) is 8.19. The molecule has 0 aromatic heterocycles. The van der Waals surface area contributed by atoms with Gasteiger partial charge in [-0.3, -0.25) is 0 Å². The molecule has 0 heterocycles. The Hall–Kier alpha value is -1.54. The molecule has 0 aliphatic heterocycles. The summed E-state index contributed by atoms with van der Waals surface area (Å²) in [7, 11) is 0. The summed E-state index contributed by atoms with van der Waals surface area (Å²) in [6.07, 6.45) is 5.43. The van der Waals surface area contributed by atoms with Crippen molar-refractivity contribution in [1.82, 2.24) is 0 Å². The number of unbranched alkanes of at least 4 members (excludes halogenated alkanes) is 1. The van der Waals surface area contributed by atoms with Gasteiger partial charge in [-0.15, -0.1) is 0 Å². The molecular formula is C16H22O2. The lowest BCUT2D eigenvalue weighted by Crippen LogP contribution is -1.93. The molecule has 0 atom stereocenters. The fourth-order valence-electron chi connectivity index (χ4n) is 1.69. The van der Waals surface area contributed by atoms with Crippen molar-refractivity contribution < 1.29 is 9.84 Å². The summed E-state index contributed by atoms with van der Waals surface area (Å²) in [5.74, 6) is 1.35. The number of benzene rings is 1. The Balaban J connectivity index is 2.58. The van der Waals surface area contributed by atoms with Crippen LogP contribution in [0.25, 0.3) is 0 Å². The number of allylic oxidation sites excluding steroid dienone is 2. The van der Waals surface area contributed by atoms with Crippen molar-refractivity contribution in [3.8, 4) is 5.75 Å². The molecule has 0 bridgehead atoms. The second kappa shape index (κ2) is 7.72. The quantitative estimate of drug-likeness (QED) is 0.577. The molecule has 1 N–H and O–H groups in total. The smallest absolute Gasteiger partial charge is 0.127 e. The zero-order valence-corrected chi connectivity index (χ0v) is 11.3. The minimum absolute atomic E-state index is 0.0229. The Morgan fingerprint density at radius 1 is 1.44 bits per heavy atom. The van der Waals surface area contributed by atoms with E-state index in [1.807, 2.05) is 30.3 Å². The van der Waals surface area contributed by atoms with E-state index in [9.17, 15) is 0 Å². The summed E-state index contributed by atoms with van der Waals surface area (Å²) in [4.78, 5) is 0. The third-order valence-electron chi connectivity index (χ3n) is 2.66. The maximum absolute atomic E-state index is 9.05. The van der Waals surface area contributed by atoms with Crippen LogP contribution in [0.3, 0.4) is 0 Å². The molecule has 0 aliphatic rings. The van der Waals surface area contributed by atoms with Crippen LogP contribution >= 0.6 is 0 Å². The number of ether oxygens (including phenoxy) is 1. The summed E-state index contributed by atoms with van der Waals surface area (Å²) in [5, 5.41) is 9.05. The molecule has 2 nitrogen and oxygen atoms in total. The molecule has 0 radical (unpaired) electrons. The van der Waals surface area contributed by atoms with Crippen molar-refractivity contribution in [3.63, 3.8) is 0 Å². The van der Waals surface area contributed by atoms with Crippen molar-refractivity contribution in [2.75, 3.05) is 0 Å². The van der Waals surface area contributed by atoms with Gasteiger partial charge in [-0.25, -0.2) is 0 Å². The molecule has 1 rings (SSSR count). The van der Waals surface area contributed by atoms with E-state index in [1.165, 1.54) is 18.4 Å². The molecule has 1 aromatic carbocycles. The molecule has 0 amide bonds. The molecular weight excluding hydrogens is 224 g/mol. The third-order valence-corrected chi connectivity index (χ3v) is 2.66. The molecule has 98 valence electrons. The second-order valence-electron chi connectivity index (χ2n) is 4.47.